The first kappa shape index (κ1) is 33.8. The van der Waals surface area contributed by atoms with Gasteiger partial charge < -0.3 is 15.9 Å². The first-order valence-electron chi connectivity index (χ1n) is 13.9. The molecule has 0 saturated carbocycles. The number of nitrogens with zero attached hydrogens (tertiary/aromatic N) is 1. The molecule has 0 radical (unpaired) electrons. The maximum Gasteiger partial charge on any atom is 0.303 e. The number of imide groups is 1. The maximum atomic E-state index is 12.0. The quantitative estimate of drug-likeness (QED) is 0.111. The molecule has 4 N–H and O–H groups in total. The van der Waals surface area contributed by atoms with Crippen molar-refractivity contribution in [2.75, 3.05) is 13.2 Å². The molecule has 8 heteroatoms. The Morgan fingerprint density at radius 3 is 1.81 bits per heavy atom. The Bertz CT molecular complexity index is 636. The van der Waals surface area contributed by atoms with Crippen molar-refractivity contribution in [3.05, 3.63) is 12.2 Å². The summed E-state index contributed by atoms with van der Waals surface area (Å²) in [6.45, 7) is 2.24. The van der Waals surface area contributed by atoms with Gasteiger partial charge >= 0.3 is 5.97 Å². The van der Waals surface area contributed by atoms with Crippen molar-refractivity contribution in [1.82, 2.24) is 4.90 Å². The number of allylic oxidation sites excluding steroid dienone is 1. The summed E-state index contributed by atoms with van der Waals surface area (Å²) in [5.41, 5.74) is 4.64. The van der Waals surface area contributed by atoms with Crippen molar-refractivity contribution in [2.45, 2.75) is 122 Å². The Kier molecular flexibility index (Phi) is 21.8. The van der Waals surface area contributed by atoms with Crippen molar-refractivity contribution in [2.24, 2.45) is 11.7 Å². The number of likely N-dealkylation sites (tertiary alicyclic amines) is 1. The van der Waals surface area contributed by atoms with Gasteiger partial charge in [0.15, 0.2) is 0 Å². The normalized spacial score (nSPS) is 15.4. The second-order valence-corrected chi connectivity index (χ2v) is 9.59. The Morgan fingerprint density at radius 2 is 1.39 bits per heavy atom. The predicted octanol–water partition coefficient (Wildman–Crippen LogP) is 5.12. The first-order valence-corrected chi connectivity index (χ1v) is 13.9. The molecular formula is C28H50N2O6. The molecule has 0 bridgehead atoms. The lowest BCUT2D eigenvalue weighted by atomic mass is 10.0. The van der Waals surface area contributed by atoms with Crippen molar-refractivity contribution in [3.63, 3.8) is 0 Å². The number of nitrogens with two attached hydrogens (primary N) is 1. The van der Waals surface area contributed by atoms with Crippen LogP contribution in [0.4, 0.5) is 0 Å². The summed E-state index contributed by atoms with van der Waals surface area (Å²) in [6, 6.07) is 0. The fraction of sp³-hybridized carbons (Fsp3) is 0.786. The summed E-state index contributed by atoms with van der Waals surface area (Å²) in [5.74, 6) is -2.21. The molecule has 1 rings (SSSR count). The molecule has 0 aliphatic carbocycles. The van der Waals surface area contributed by atoms with E-state index < -0.39 is 11.9 Å². The highest BCUT2D eigenvalue weighted by atomic mass is 16.4. The van der Waals surface area contributed by atoms with Gasteiger partial charge in [-0.3, -0.25) is 24.1 Å². The van der Waals surface area contributed by atoms with Crippen LogP contribution >= 0.6 is 0 Å². The van der Waals surface area contributed by atoms with E-state index in [2.05, 4.69) is 18.7 Å². The average molecular weight is 511 g/mol. The highest BCUT2D eigenvalue weighted by Crippen LogP contribution is 2.21. The van der Waals surface area contributed by atoms with Crippen molar-refractivity contribution >= 4 is 23.7 Å². The highest BCUT2D eigenvalue weighted by molar-refractivity contribution is 6.04. The number of unbranched alkanes of at least 4 members (excludes halogenated alkanes) is 14. The minimum atomic E-state index is -0.996. The summed E-state index contributed by atoms with van der Waals surface area (Å²) in [5, 5.41) is 16.9. The second kappa shape index (κ2) is 23.2. The van der Waals surface area contributed by atoms with Gasteiger partial charge in [0.05, 0.1) is 25.5 Å². The van der Waals surface area contributed by atoms with Gasteiger partial charge in [-0.15, -0.1) is 0 Å². The van der Waals surface area contributed by atoms with Gasteiger partial charge in [0, 0.05) is 12.8 Å². The van der Waals surface area contributed by atoms with Gasteiger partial charge in [-0.25, -0.2) is 0 Å². The lowest BCUT2D eigenvalue weighted by Crippen LogP contribution is -2.32. The minimum Gasteiger partial charge on any atom is -0.481 e. The van der Waals surface area contributed by atoms with Crippen molar-refractivity contribution in [3.8, 4) is 0 Å². The van der Waals surface area contributed by atoms with Gasteiger partial charge in [-0.2, -0.15) is 0 Å². The average Bonchev–Trinajstić information content (AvgIpc) is 3.10. The summed E-state index contributed by atoms with van der Waals surface area (Å²) in [6.07, 6.45) is 24.0. The topological polar surface area (TPSA) is 138 Å². The van der Waals surface area contributed by atoms with Gasteiger partial charge in [-0.05, 0) is 12.8 Å². The summed E-state index contributed by atoms with van der Waals surface area (Å²) < 4.78 is 0. The first-order chi connectivity index (χ1) is 17.3. The van der Waals surface area contributed by atoms with Crippen molar-refractivity contribution < 1.29 is 29.4 Å². The summed E-state index contributed by atoms with van der Waals surface area (Å²) in [7, 11) is 0. The molecule has 1 fully saturated rings. The number of aliphatic hydroxyl groups is 1. The van der Waals surface area contributed by atoms with Crippen LogP contribution < -0.4 is 5.73 Å². The van der Waals surface area contributed by atoms with Crippen LogP contribution in [-0.4, -0.2) is 52.0 Å². The largest absolute Gasteiger partial charge is 0.481 e. The molecule has 3 amide bonds. The summed E-state index contributed by atoms with van der Waals surface area (Å²) >= 11 is 0. The number of aliphatic hydroxyl groups excluding tert-OH is 1. The van der Waals surface area contributed by atoms with E-state index in [0.717, 1.165) is 12.8 Å². The van der Waals surface area contributed by atoms with Gasteiger partial charge in [0.2, 0.25) is 17.7 Å². The number of hydrogen-bond donors (Lipinski definition) is 3. The Hall–Kier alpha value is -2.22. The standard InChI is InChI=1S/C24H43NO3.C4H7NO3/c1-2-3-4-5-6-7-8-9-10-11-12-13-14-15-16-17-18-22-21-23(27)25(19-20-26)24(22)28;5-3(6)1-2-4(7)8/h17-18,22,26H,2-16,19-21H2,1H3;1-2H2,(H2,5,6)(H,7,8). The monoisotopic (exact) mass is 510 g/mol. The van der Waals surface area contributed by atoms with E-state index in [0.29, 0.717) is 0 Å². The van der Waals surface area contributed by atoms with Crippen molar-refractivity contribution in [1.29, 1.82) is 0 Å². The Morgan fingerprint density at radius 1 is 0.889 bits per heavy atom. The molecule has 1 heterocycles. The van der Waals surface area contributed by atoms with E-state index >= 15 is 0 Å². The number of carboxylic acid groups (broad SMARTS) is 1. The van der Waals surface area contributed by atoms with Crippen LogP contribution in [0, 0.1) is 5.92 Å². The zero-order chi connectivity index (χ0) is 27.0. The molecule has 208 valence electrons. The van der Waals surface area contributed by atoms with E-state index in [1.165, 1.54) is 88.4 Å². The molecule has 0 aromatic rings. The van der Waals surface area contributed by atoms with Crippen LogP contribution in [0.2, 0.25) is 0 Å². The molecule has 1 saturated heterocycles. The number of carboxylic acids is 1. The molecule has 0 aromatic heterocycles. The second-order valence-electron chi connectivity index (χ2n) is 9.59. The number of amides is 3. The summed E-state index contributed by atoms with van der Waals surface area (Å²) in [4.78, 5) is 44.5. The third-order valence-corrected chi connectivity index (χ3v) is 6.28. The van der Waals surface area contributed by atoms with E-state index in [9.17, 15) is 19.2 Å². The van der Waals surface area contributed by atoms with E-state index in [-0.39, 0.29) is 50.1 Å². The minimum absolute atomic E-state index is 0.0741. The number of carbonyl (C=O) groups is 4. The molecular weight excluding hydrogens is 460 g/mol. The van der Waals surface area contributed by atoms with Crippen LogP contribution in [0.5, 0.6) is 0 Å². The molecule has 1 atom stereocenters. The van der Waals surface area contributed by atoms with Crippen LogP contribution in [0.25, 0.3) is 0 Å². The van der Waals surface area contributed by atoms with Gasteiger partial charge in [-0.1, -0.05) is 103 Å². The third kappa shape index (κ3) is 19.0. The molecule has 36 heavy (non-hydrogen) atoms. The molecule has 1 aliphatic heterocycles. The SMILES string of the molecule is CCCCCCCCCCCCCCCCC=CC1CC(=O)N(CCO)C1=O.NC(=O)CCC(=O)O. The molecule has 0 spiro atoms. The maximum absolute atomic E-state index is 12.0. The fourth-order valence-electron chi connectivity index (χ4n) is 4.14. The van der Waals surface area contributed by atoms with Gasteiger partial charge in [0.25, 0.3) is 0 Å². The number of rotatable bonds is 21. The molecule has 1 unspecified atom stereocenters. The molecule has 8 nitrogen and oxygen atoms in total. The smallest absolute Gasteiger partial charge is 0.303 e. The van der Waals surface area contributed by atoms with E-state index in [1.807, 2.05) is 6.08 Å². The Labute approximate surface area is 217 Å². The van der Waals surface area contributed by atoms with Crippen LogP contribution in [0.15, 0.2) is 12.2 Å². The lowest BCUT2D eigenvalue weighted by molar-refractivity contribution is -0.140. The number of hydrogen-bond acceptors (Lipinski definition) is 5. The number of aliphatic carboxylic acids is 1. The number of carbonyl (C=O) groups excluding carboxylic acids is 3. The molecule has 1 aliphatic rings. The number of primary amides is 1. The Balaban J connectivity index is 0.00000131. The molecule has 0 aromatic carbocycles. The van der Waals surface area contributed by atoms with Crippen LogP contribution in [0.1, 0.15) is 122 Å². The zero-order valence-electron chi connectivity index (χ0n) is 22.4. The van der Waals surface area contributed by atoms with Gasteiger partial charge in [0.1, 0.15) is 0 Å². The number of β-amino-alcohol motifs (C(OH)–C–C–N with tert-alkyl or cyclic N) is 1. The lowest BCUT2D eigenvalue weighted by Gasteiger charge is -2.11. The third-order valence-electron chi connectivity index (χ3n) is 6.28. The predicted molar refractivity (Wildman–Crippen MR) is 142 cm³/mol. The fourth-order valence-corrected chi connectivity index (χ4v) is 4.14. The van der Waals surface area contributed by atoms with Crippen LogP contribution in [0.3, 0.4) is 0 Å². The highest BCUT2D eigenvalue weighted by Gasteiger charge is 2.36. The van der Waals surface area contributed by atoms with Crippen LogP contribution in [-0.2, 0) is 19.2 Å². The zero-order valence-corrected chi connectivity index (χ0v) is 22.4. The van der Waals surface area contributed by atoms with E-state index in [4.69, 9.17) is 10.2 Å². The van der Waals surface area contributed by atoms with E-state index in [1.54, 1.807) is 0 Å².